The van der Waals surface area contributed by atoms with E-state index in [0.29, 0.717) is 0 Å². The summed E-state index contributed by atoms with van der Waals surface area (Å²) in [7, 11) is -3.32. The SMILES string of the molecule is CS(=O)(=O)c1sccc1C(N)=O. The third-order valence-electron chi connectivity index (χ3n) is 1.23. The van der Waals surface area contributed by atoms with E-state index >= 15 is 0 Å². The van der Waals surface area contributed by atoms with Crippen molar-refractivity contribution in [1.82, 2.24) is 0 Å². The van der Waals surface area contributed by atoms with Crippen LogP contribution in [0.15, 0.2) is 15.7 Å². The minimum atomic E-state index is -3.32. The normalized spacial score (nSPS) is 11.4. The molecule has 0 saturated carbocycles. The summed E-state index contributed by atoms with van der Waals surface area (Å²) in [6, 6.07) is 1.41. The lowest BCUT2D eigenvalue weighted by Gasteiger charge is -1.95. The zero-order valence-corrected chi connectivity index (χ0v) is 7.91. The monoisotopic (exact) mass is 205 g/mol. The molecule has 4 nitrogen and oxygen atoms in total. The number of amides is 1. The maximum absolute atomic E-state index is 11.0. The van der Waals surface area contributed by atoms with Crippen molar-refractivity contribution in [1.29, 1.82) is 0 Å². The highest BCUT2D eigenvalue weighted by molar-refractivity contribution is 7.92. The summed E-state index contributed by atoms with van der Waals surface area (Å²) in [6.07, 6.45) is 1.05. The van der Waals surface area contributed by atoms with E-state index in [9.17, 15) is 13.2 Å². The maximum Gasteiger partial charge on any atom is 0.250 e. The van der Waals surface area contributed by atoms with Crippen molar-refractivity contribution < 1.29 is 13.2 Å². The first-order chi connectivity index (χ1) is 5.43. The fraction of sp³-hybridized carbons (Fsp3) is 0.167. The summed E-state index contributed by atoms with van der Waals surface area (Å²) < 4.78 is 22.1. The molecule has 0 saturated heterocycles. The van der Waals surface area contributed by atoms with Gasteiger partial charge in [-0.3, -0.25) is 4.79 Å². The average Bonchev–Trinajstić information content (AvgIpc) is 2.30. The topological polar surface area (TPSA) is 77.2 Å². The molecule has 0 radical (unpaired) electrons. The molecule has 1 aromatic heterocycles. The Labute approximate surface area is 73.9 Å². The number of hydrogen-bond donors (Lipinski definition) is 1. The van der Waals surface area contributed by atoms with Gasteiger partial charge in [-0.15, -0.1) is 11.3 Å². The van der Waals surface area contributed by atoms with Gasteiger partial charge in [0, 0.05) is 6.26 Å². The quantitative estimate of drug-likeness (QED) is 0.751. The van der Waals surface area contributed by atoms with E-state index in [2.05, 4.69) is 0 Å². The standard InChI is InChI=1S/C6H7NO3S2/c1-12(9,10)6-4(5(7)8)2-3-11-6/h2-3H,1H3,(H2,7,8). The number of carbonyl (C=O) groups excluding carboxylic acids is 1. The summed E-state index contributed by atoms with van der Waals surface area (Å²) in [5.41, 5.74) is 5.03. The zero-order chi connectivity index (χ0) is 9.35. The van der Waals surface area contributed by atoms with Gasteiger partial charge in [0.25, 0.3) is 5.91 Å². The van der Waals surface area contributed by atoms with E-state index in [-0.39, 0.29) is 9.77 Å². The van der Waals surface area contributed by atoms with Crippen LogP contribution in [0.3, 0.4) is 0 Å². The molecule has 0 spiro atoms. The van der Waals surface area contributed by atoms with Crippen LogP contribution < -0.4 is 5.73 Å². The Hall–Kier alpha value is -0.880. The Bertz CT molecular complexity index is 404. The van der Waals surface area contributed by atoms with Crippen molar-refractivity contribution in [2.24, 2.45) is 5.73 Å². The van der Waals surface area contributed by atoms with Gasteiger partial charge in [-0.2, -0.15) is 0 Å². The molecule has 0 unspecified atom stereocenters. The largest absolute Gasteiger partial charge is 0.366 e. The van der Waals surface area contributed by atoms with E-state index in [4.69, 9.17) is 5.73 Å². The number of nitrogens with two attached hydrogens (primary N) is 1. The van der Waals surface area contributed by atoms with Crippen LogP contribution >= 0.6 is 11.3 Å². The van der Waals surface area contributed by atoms with E-state index in [1.54, 1.807) is 0 Å². The Kier molecular flexibility index (Phi) is 2.20. The van der Waals surface area contributed by atoms with Gasteiger partial charge in [-0.05, 0) is 11.4 Å². The zero-order valence-electron chi connectivity index (χ0n) is 6.27. The number of primary amides is 1. The summed E-state index contributed by atoms with van der Waals surface area (Å²) in [5, 5.41) is 1.52. The van der Waals surface area contributed by atoms with Crippen LogP contribution in [0.25, 0.3) is 0 Å². The van der Waals surface area contributed by atoms with E-state index < -0.39 is 15.7 Å². The maximum atomic E-state index is 11.0. The average molecular weight is 205 g/mol. The number of carbonyl (C=O) groups is 1. The summed E-state index contributed by atoms with van der Waals surface area (Å²) in [6.45, 7) is 0. The second-order valence-electron chi connectivity index (χ2n) is 2.26. The van der Waals surface area contributed by atoms with E-state index in [1.807, 2.05) is 0 Å². The first-order valence-electron chi connectivity index (χ1n) is 3.00. The molecule has 1 aromatic rings. The third-order valence-corrected chi connectivity index (χ3v) is 4.03. The Morgan fingerprint density at radius 2 is 2.17 bits per heavy atom. The number of thiophene rings is 1. The second kappa shape index (κ2) is 2.87. The molecule has 0 aliphatic heterocycles. The molecule has 6 heteroatoms. The molecule has 0 aliphatic carbocycles. The molecule has 2 N–H and O–H groups in total. The Morgan fingerprint density at radius 1 is 1.58 bits per heavy atom. The Morgan fingerprint density at radius 3 is 2.50 bits per heavy atom. The first kappa shape index (κ1) is 9.21. The van der Waals surface area contributed by atoms with Crippen molar-refractivity contribution in [3.05, 3.63) is 17.0 Å². The van der Waals surface area contributed by atoms with E-state index in [1.165, 1.54) is 11.4 Å². The van der Waals surface area contributed by atoms with Gasteiger partial charge in [0.1, 0.15) is 4.21 Å². The highest BCUT2D eigenvalue weighted by Crippen LogP contribution is 2.21. The van der Waals surface area contributed by atoms with Crippen LogP contribution in [0.2, 0.25) is 0 Å². The second-order valence-corrected chi connectivity index (χ2v) is 5.39. The van der Waals surface area contributed by atoms with Crippen LogP contribution in [0.5, 0.6) is 0 Å². The van der Waals surface area contributed by atoms with Crippen LogP contribution in [0.1, 0.15) is 10.4 Å². The fourth-order valence-electron chi connectivity index (χ4n) is 0.765. The van der Waals surface area contributed by atoms with Crippen molar-refractivity contribution in [2.75, 3.05) is 6.26 Å². The highest BCUT2D eigenvalue weighted by Gasteiger charge is 2.17. The molecular weight excluding hydrogens is 198 g/mol. The third kappa shape index (κ3) is 1.64. The summed E-state index contributed by atoms with van der Waals surface area (Å²) in [4.78, 5) is 10.7. The first-order valence-corrected chi connectivity index (χ1v) is 5.77. The molecule has 1 heterocycles. The van der Waals surface area contributed by atoms with Gasteiger partial charge in [0.2, 0.25) is 0 Å². The lowest BCUT2D eigenvalue weighted by Crippen LogP contribution is -2.13. The van der Waals surface area contributed by atoms with Crippen molar-refractivity contribution in [3.8, 4) is 0 Å². The predicted octanol–water partition coefficient (Wildman–Crippen LogP) is 0.251. The number of sulfone groups is 1. The summed E-state index contributed by atoms with van der Waals surface area (Å²) in [5.74, 6) is -0.711. The van der Waals surface area contributed by atoms with Crippen LogP contribution in [-0.4, -0.2) is 20.6 Å². The molecule has 0 aliphatic rings. The van der Waals surface area contributed by atoms with Gasteiger partial charge in [0.15, 0.2) is 9.84 Å². The van der Waals surface area contributed by atoms with Crippen molar-refractivity contribution in [3.63, 3.8) is 0 Å². The smallest absolute Gasteiger partial charge is 0.250 e. The van der Waals surface area contributed by atoms with Crippen molar-refractivity contribution in [2.45, 2.75) is 4.21 Å². The van der Waals surface area contributed by atoms with E-state index in [0.717, 1.165) is 17.6 Å². The number of hydrogen-bond acceptors (Lipinski definition) is 4. The Balaban J connectivity index is 3.36. The minimum absolute atomic E-state index is 0.0370. The van der Waals surface area contributed by atoms with Gasteiger partial charge in [0.05, 0.1) is 5.56 Å². The molecule has 0 atom stereocenters. The van der Waals surface area contributed by atoms with Crippen LogP contribution in [-0.2, 0) is 9.84 Å². The minimum Gasteiger partial charge on any atom is -0.366 e. The molecule has 1 rings (SSSR count). The molecular formula is C6H7NO3S2. The van der Waals surface area contributed by atoms with Crippen molar-refractivity contribution >= 4 is 27.1 Å². The molecule has 0 bridgehead atoms. The fourth-order valence-corrected chi connectivity index (χ4v) is 2.82. The molecule has 1 amide bonds. The van der Waals surface area contributed by atoms with Crippen LogP contribution in [0, 0.1) is 0 Å². The molecule has 12 heavy (non-hydrogen) atoms. The summed E-state index contributed by atoms with van der Waals surface area (Å²) >= 11 is 0.996. The molecule has 0 aromatic carbocycles. The van der Waals surface area contributed by atoms with Crippen LogP contribution in [0.4, 0.5) is 0 Å². The van der Waals surface area contributed by atoms with Gasteiger partial charge in [-0.25, -0.2) is 8.42 Å². The molecule has 0 fully saturated rings. The highest BCUT2D eigenvalue weighted by atomic mass is 32.2. The number of rotatable bonds is 2. The lowest BCUT2D eigenvalue weighted by atomic mass is 10.3. The lowest BCUT2D eigenvalue weighted by molar-refractivity contribution is 0.0998. The van der Waals surface area contributed by atoms with Gasteiger partial charge >= 0.3 is 0 Å². The molecule has 66 valence electrons. The predicted molar refractivity (Wildman–Crippen MR) is 45.9 cm³/mol. The van der Waals surface area contributed by atoms with Gasteiger partial charge in [-0.1, -0.05) is 0 Å². The van der Waals surface area contributed by atoms with Gasteiger partial charge < -0.3 is 5.73 Å².